The van der Waals surface area contributed by atoms with Crippen LogP contribution in [0, 0.1) is 0 Å². The van der Waals surface area contributed by atoms with Gasteiger partial charge in [0, 0.05) is 17.3 Å². The summed E-state index contributed by atoms with van der Waals surface area (Å²) in [6.07, 6.45) is 1.62. The molecule has 44 heavy (non-hydrogen) atoms. The molecule has 9 nitrogen and oxygen atoms in total. The van der Waals surface area contributed by atoms with Gasteiger partial charge in [0.1, 0.15) is 17.3 Å². The number of thiazole rings is 1. The molecule has 1 unspecified atom stereocenters. The van der Waals surface area contributed by atoms with Crippen LogP contribution in [0.2, 0.25) is 5.02 Å². The van der Waals surface area contributed by atoms with E-state index in [0.29, 0.717) is 54.7 Å². The Morgan fingerprint density at radius 2 is 1.82 bits per heavy atom. The molecule has 6 rings (SSSR count). The van der Waals surface area contributed by atoms with Crippen molar-refractivity contribution in [1.82, 2.24) is 4.57 Å². The smallest absolute Gasteiger partial charge is 0.337 e. The zero-order valence-electron chi connectivity index (χ0n) is 23.4. The Bertz CT molecular complexity index is 2130. The van der Waals surface area contributed by atoms with Gasteiger partial charge in [0.2, 0.25) is 0 Å². The molecule has 3 aromatic carbocycles. The van der Waals surface area contributed by atoms with Crippen LogP contribution in [0.25, 0.3) is 17.4 Å². The number of carboxylic acid groups (broad SMARTS) is 1. The van der Waals surface area contributed by atoms with E-state index in [2.05, 4.69) is 10.3 Å². The first-order valence-electron chi connectivity index (χ1n) is 13.4. The molecule has 1 amide bonds. The fourth-order valence-corrected chi connectivity index (χ4v) is 6.28. The van der Waals surface area contributed by atoms with E-state index in [1.165, 1.54) is 28.0 Å². The third-order valence-electron chi connectivity index (χ3n) is 7.11. The number of carboxylic acids is 1. The average molecular weight is 626 g/mol. The number of methoxy groups -OCH3 is 1. The van der Waals surface area contributed by atoms with E-state index in [-0.39, 0.29) is 22.1 Å². The number of allylic oxidation sites excluding steroid dienone is 1. The minimum Gasteiger partial charge on any atom is -0.497 e. The Morgan fingerprint density at radius 3 is 2.50 bits per heavy atom. The second kappa shape index (κ2) is 11.8. The van der Waals surface area contributed by atoms with Gasteiger partial charge in [-0.2, -0.15) is 0 Å². The number of carbonyl (C=O) groups is 2. The third kappa shape index (κ3) is 5.48. The van der Waals surface area contributed by atoms with E-state index in [1.54, 1.807) is 62.6 Å². The Labute approximate surface area is 259 Å². The number of aromatic carboxylic acids is 1. The molecule has 1 atom stereocenters. The maximum atomic E-state index is 14.0. The summed E-state index contributed by atoms with van der Waals surface area (Å²) in [5.74, 6) is 0.0125. The topological polar surface area (TPSA) is 123 Å². The maximum Gasteiger partial charge on any atom is 0.337 e. The third-order valence-corrected chi connectivity index (χ3v) is 8.41. The molecule has 1 aliphatic heterocycles. The number of amides is 1. The van der Waals surface area contributed by atoms with Crippen LogP contribution in [0.5, 0.6) is 5.75 Å². The predicted molar refractivity (Wildman–Crippen MR) is 168 cm³/mol. The highest BCUT2D eigenvalue weighted by Gasteiger charge is 2.32. The number of halogens is 1. The number of nitrogens with one attached hydrogen (secondary N) is 1. The van der Waals surface area contributed by atoms with Crippen LogP contribution >= 0.6 is 22.9 Å². The summed E-state index contributed by atoms with van der Waals surface area (Å²) in [6.45, 7) is 1.76. The number of aromatic nitrogens is 1. The van der Waals surface area contributed by atoms with Crippen LogP contribution in [-0.4, -0.2) is 28.7 Å². The van der Waals surface area contributed by atoms with Gasteiger partial charge in [0.05, 0.1) is 39.5 Å². The lowest BCUT2D eigenvalue weighted by atomic mass is 9.95. The van der Waals surface area contributed by atoms with Gasteiger partial charge in [-0.3, -0.25) is 14.2 Å². The molecule has 0 saturated heterocycles. The van der Waals surface area contributed by atoms with Crippen LogP contribution in [0.4, 0.5) is 5.69 Å². The first kappa shape index (κ1) is 28.9. The lowest BCUT2D eigenvalue weighted by Crippen LogP contribution is -2.40. The number of benzene rings is 3. The van der Waals surface area contributed by atoms with Gasteiger partial charge in [0.25, 0.3) is 11.5 Å². The fourth-order valence-electron chi connectivity index (χ4n) is 4.99. The predicted octanol–water partition coefficient (Wildman–Crippen LogP) is 5.49. The molecule has 11 heteroatoms. The minimum atomic E-state index is -1.12. The van der Waals surface area contributed by atoms with Crippen molar-refractivity contribution in [3.05, 3.63) is 138 Å². The molecule has 220 valence electrons. The zero-order chi connectivity index (χ0) is 31.0. The van der Waals surface area contributed by atoms with Gasteiger partial charge in [0.15, 0.2) is 4.80 Å². The molecule has 0 fully saturated rings. The number of ether oxygens (including phenoxy) is 1. The van der Waals surface area contributed by atoms with Crippen LogP contribution in [-0.2, 0) is 4.79 Å². The standard InChI is InChI=1S/C33H24ClN3O6S/c1-18-28(30(38)36-21-6-4-3-5-7-21)29(19-8-11-22(42-2)12-9-19)37-31(39)27(44-33(37)35-18)17-23-13-15-26(43-23)20-10-14-24(32(40)41)25(34)16-20/h3-17,29H,1-2H3,(H,36,38)(H,40,41)/b27-17-. The summed E-state index contributed by atoms with van der Waals surface area (Å²) in [6, 6.07) is 23.5. The summed E-state index contributed by atoms with van der Waals surface area (Å²) >= 11 is 7.33. The summed E-state index contributed by atoms with van der Waals surface area (Å²) in [5.41, 5.74) is 2.42. The fraction of sp³-hybridized carbons (Fsp3) is 0.0909. The van der Waals surface area contributed by atoms with E-state index in [1.807, 2.05) is 30.3 Å². The molecular weight excluding hydrogens is 602 g/mol. The lowest BCUT2D eigenvalue weighted by Gasteiger charge is -2.25. The zero-order valence-corrected chi connectivity index (χ0v) is 25.0. The molecule has 2 N–H and O–H groups in total. The summed E-state index contributed by atoms with van der Waals surface area (Å²) in [5, 5.41) is 12.3. The van der Waals surface area contributed by atoms with Crippen molar-refractivity contribution in [1.29, 1.82) is 0 Å². The average Bonchev–Trinajstić information content (AvgIpc) is 3.60. The van der Waals surface area contributed by atoms with Crippen molar-refractivity contribution in [3.63, 3.8) is 0 Å². The van der Waals surface area contributed by atoms with Crippen molar-refractivity contribution in [2.24, 2.45) is 4.99 Å². The van der Waals surface area contributed by atoms with Crippen molar-refractivity contribution in [2.45, 2.75) is 13.0 Å². The highest BCUT2D eigenvalue weighted by molar-refractivity contribution is 7.07. The Hall–Kier alpha value is -5.19. The minimum absolute atomic E-state index is 0.0122. The number of fused-ring (bicyclic) bond motifs is 1. The number of rotatable bonds is 7. The van der Waals surface area contributed by atoms with Gasteiger partial charge in [-0.15, -0.1) is 0 Å². The van der Waals surface area contributed by atoms with Crippen LogP contribution < -0.4 is 24.9 Å². The monoisotopic (exact) mass is 625 g/mol. The van der Waals surface area contributed by atoms with Gasteiger partial charge >= 0.3 is 5.97 Å². The van der Waals surface area contributed by atoms with E-state index in [9.17, 15) is 19.5 Å². The largest absolute Gasteiger partial charge is 0.497 e. The Kier molecular flexibility index (Phi) is 7.77. The number of nitrogens with zero attached hydrogens (tertiary/aromatic N) is 2. The molecule has 0 spiro atoms. The molecule has 1 aliphatic rings. The summed E-state index contributed by atoms with van der Waals surface area (Å²) < 4.78 is 13.2. The van der Waals surface area contributed by atoms with E-state index in [0.717, 1.165) is 0 Å². The van der Waals surface area contributed by atoms with Gasteiger partial charge in [-0.1, -0.05) is 59.3 Å². The molecule has 0 bridgehead atoms. The van der Waals surface area contributed by atoms with Crippen molar-refractivity contribution in [3.8, 4) is 17.1 Å². The summed E-state index contributed by atoms with van der Waals surface area (Å²) in [7, 11) is 1.57. The molecule has 0 aliphatic carbocycles. The number of furan rings is 1. The highest BCUT2D eigenvalue weighted by Crippen LogP contribution is 2.32. The lowest BCUT2D eigenvalue weighted by molar-refractivity contribution is -0.113. The number of para-hydroxylation sites is 1. The highest BCUT2D eigenvalue weighted by atomic mass is 35.5. The van der Waals surface area contributed by atoms with Crippen LogP contribution in [0.15, 0.2) is 110 Å². The molecule has 0 saturated carbocycles. The van der Waals surface area contributed by atoms with Crippen LogP contribution in [0.1, 0.15) is 34.6 Å². The SMILES string of the molecule is COc1ccc(C2C(C(=O)Nc3ccccc3)=C(C)N=c3s/c(=C\c4ccc(-c5ccc(C(=O)O)c(Cl)c5)o4)c(=O)n32)cc1. The Morgan fingerprint density at radius 1 is 1.07 bits per heavy atom. The molecular formula is C33H24ClN3O6S. The van der Waals surface area contributed by atoms with E-state index < -0.39 is 12.0 Å². The molecule has 2 aromatic heterocycles. The number of carbonyl (C=O) groups excluding carboxylic acids is 1. The first-order valence-corrected chi connectivity index (χ1v) is 14.6. The number of anilines is 1. The Balaban J connectivity index is 1.42. The maximum absolute atomic E-state index is 14.0. The molecule has 3 heterocycles. The quantitative estimate of drug-likeness (QED) is 0.246. The first-order chi connectivity index (χ1) is 21.2. The summed E-state index contributed by atoms with van der Waals surface area (Å²) in [4.78, 5) is 44.1. The number of hydrogen-bond acceptors (Lipinski definition) is 7. The normalized spacial score (nSPS) is 14.6. The second-order valence-corrected chi connectivity index (χ2v) is 11.3. The van der Waals surface area contributed by atoms with Gasteiger partial charge in [-0.25, -0.2) is 9.79 Å². The van der Waals surface area contributed by atoms with Crippen molar-refractivity contribution in [2.75, 3.05) is 12.4 Å². The van der Waals surface area contributed by atoms with Gasteiger partial charge in [-0.05, 0) is 61.0 Å². The van der Waals surface area contributed by atoms with Crippen molar-refractivity contribution < 1.29 is 23.8 Å². The molecule has 5 aromatic rings. The van der Waals surface area contributed by atoms with E-state index >= 15 is 0 Å². The van der Waals surface area contributed by atoms with Crippen LogP contribution in [0.3, 0.4) is 0 Å². The van der Waals surface area contributed by atoms with Gasteiger partial charge < -0.3 is 19.6 Å². The van der Waals surface area contributed by atoms with Crippen molar-refractivity contribution >= 4 is 46.6 Å². The van der Waals surface area contributed by atoms with E-state index in [4.69, 9.17) is 20.8 Å². The molecule has 0 radical (unpaired) electrons. The number of hydrogen-bond donors (Lipinski definition) is 2. The second-order valence-electron chi connectivity index (χ2n) is 9.88.